The second-order valence-electron chi connectivity index (χ2n) is 3.62. The van der Waals surface area contributed by atoms with Crippen molar-refractivity contribution in [2.75, 3.05) is 0 Å². The Morgan fingerprint density at radius 1 is 1.40 bits per heavy atom. The molecular formula is C10H7BrCl2N2O3S2. The first-order chi connectivity index (χ1) is 9.29. The van der Waals surface area contributed by atoms with Crippen molar-refractivity contribution in [3.05, 3.63) is 37.2 Å². The van der Waals surface area contributed by atoms with E-state index in [9.17, 15) is 13.5 Å². The Balaban J connectivity index is 2.27. The standard InChI is InChI=1S/C10H7BrCl2N2O3S2/c11-8-3-14-9(19-8)4-15-20(17,18)7-2-5(12)1-6(13)10(7)16/h1-3,15-16H,4H2. The van der Waals surface area contributed by atoms with Crippen molar-refractivity contribution in [2.45, 2.75) is 11.4 Å². The van der Waals surface area contributed by atoms with Gasteiger partial charge in [-0.15, -0.1) is 11.3 Å². The zero-order chi connectivity index (χ0) is 14.9. The summed E-state index contributed by atoms with van der Waals surface area (Å²) in [6, 6.07) is 2.39. The molecule has 0 radical (unpaired) electrons. The monoisotopic (exact) mass is 416 g/mol. The zero-order valence-electron chi connectivity index (χ0n) is 9.60. The van der Waals surface area contributed by atoms with Crippen LogP contribution in [0.2, 0.25) is 10.0 Å². The van der Waals surface area contributed by atoms with Gasteiger partial charge in [0.05, 0.1) is 21.6 Å². The maximum Gasteiger partial charge on any atom is 0.244 e. The number of sulfonamides is 1. The van der Waals surface area contributed by atoms with Crippen LogP contribution in [0.1, 0.15) is 5.01 Å². The molecule has 0 aliphatic rings. The summed E-state index contributed by atoms with van der Waals surface area (Å²) in [5, 5.41) is 10.3. The molecule has 20 heavy (non-hydrogen) atoms. The minimum absolute atomic E-state index is 0.00216. The third-order valence-electron chi connectivity index (χ3n) is 2.22. The Bertz CT molecular complexity index is 749. The van der Waals surface area contributed by atoms with E-state index in [1.165, 1.54) is 17.4 Å². The van der Waals surface area contributed by atoms with Crippen LogP contribution in [-0.4, -0.2) is 18.5 Å². The van der Waals surface area contributed by atoms with Crippen LogP contribution in [0.5, 0.6) is 5.75 Å². The molecular weight excluding hydrogens is 411 g/mol. The molecule has 0 fully saturated rings. The van der Waals surface area contributed by atoms with Gasteiger partial charge < -0.3 is 5.11 Å². The molecule has 10 heteroatoms. The second kappa shape index (κ2) is 6.17. The fourth-order valence-electron chi connectivity index (χ4n) is 1.35. The van der Waals surface area contributed by atoms with Gasteiger partial charge in [-0.25, -0.2) is 18.1 Å². The summed E-state index contributed by atoms with van der Waals surface area (Å²) >= 11 is 16.0. The van der Waals surface area contributed by atoms with E-state index in [0.717, 1.165) is 9.85 Å². The Hall–Kier alpha value is -0.380. The Kier molecular flexibility index (Phi) is 4.93. The summed E-state index contributed by atoms with van der Waals surface area (Å²) in [6.07, 6.45) is 1.57. The van der Waals surface area contributed by atoms with Crippen molar-refractivity contribution in [1.82, 2.24) is 9.71 Å². The van der Waals surface area contributed by atoms with Crippen LogP contribution >= 0.6 is 50.5 Å². The van der Waals surface area contributed by atoms with Crippen molar-refractivity contribution in [3.63, 3.8) is 0 Å². The minimum Gasteiger partial charge on any atom is -0.505 e. The Morgan fingerprint density at radius 3 is 2.70 bits per heavy atom. The molecule has 0 bridgehead atoms. The number of phenols is 1. The van der Waals surface area contributed by atoms with E-state index >= 15 is 0 Å². The SMILES string of the molecule is O=S(=O)(NCc1ncc(Br)s1)c1cc(Cl)cc(Cl)c1O. The number of thiazole rings is 1. The molecule has 0 spiro atoms. The first-order valence-electron chi connectivity index (χ1n) is 5.07. The van der Waals surface area contributed by atoms with Crippen LogP contribution in [0.4, 0.5) is 0 Å². The minimum atomic E-state index is -3.94. The number of nitrogens with one attached hydrogen (secondary N) is 1. The van der Waals surface area contributed by atoms with Crippen LogP contribution in [0.25, 0.3) is 0 Å². The maximum atomic E-state index is 12.1. The number of nitrogens with zero attached hydrogens (tertiary/aromatic N) is 1. The summed E-state index contributed by atoms with van der Waals surface area (Å²) in [7, 11) is -3.94. The topological polar surface area (TPSA) is 79.3 Å². The number of hydrogen-bond acceptors (Lipinski definition) is 5. The van der Waals surface area contributed by atoms with E-state index in [2.05, 4.69) is 25.6 Å². The van der Waals surface area contributed by atoms with Crippen LogP contribution < -0.4 is 4.72 Å². The molecule has 5 nitrogen and oxygen atoms in total. The third-order valence-corrected chi connectivity index (χ3v) is 5.62. The van der Waals surface area contributed by atoms with E-state index in [1.807, 2.05) is 0 Å². The van der Waals surface area contributed by atoms with Gasteiger partial charge in [0.1, 0.15) is 9.90 Å². The van der Waals surface area contributed by atoms with Crippen LogP contribution in [0, 0.1) is 0 Å². The predicted molar refractivity (Wildman–Crippen MR) is 82.0 cm³/mol. The molecule has 2 rings (SSSR count). The van der Waals surface area contributed by atoms with Gasteiger partial charge in [-0.05, 0) is 28.1 Å². The van der Waals surface area contributed by atoms with Gasteiger partial charge in [0.25, 0.3) is 0 Å². The molecule has 2 N–H and O–H groups in total. The molecule has 0 aliphatic heterocycles. The lowest BCUT2D eigenvalue weighted by molar-refractivity contribution is 0.458. The van der Waals surface area contributed by atoms with Gasteiger partial charge >= 0.3 is 0 Å². The quantitative estimate of drug-likeness (QED) is 0.798. The molecule has 1 heterocycles. The fraction of sp³-hybridized carbons (Fsp3) is 0.100. The molecule has 1 aromatic heterocycles. The highest BCUT2D eigenvalue weighted by molar-refractivity contribution is 9.11. The van der Waals surface area contributed by atoms with Gasteiger partial charge in [-0.1, -0.05) is 23.2 Å². The number of benzene rings is 1. The molecule has 0 amide bonds. The molecule has 0 saturated heterocycles. The summed E-state index contributed by atoms with van der Waals surface area (Å²) in [6.45, 7) is 0.00216. The molecule has 0 unspecified atom stereocenters. The van der Waals surface area contributed by atoms with Crippen molar-refractivity contribution < 1.29 is 13.5 Å². The molecule has 1 aromatic carbocycles. The van der Waals surface area contributed by atoms with Crippen LogP contribution in [0.15, 0.2) is 27.0 Å². The molecule has 108 valence electrons. The summed E-state index contributed by atoms with van der Waals surface area (Å²) in [5.74, 6) is -0.538. The highest BCUT2D eigenvalue weighted by atomic mass is 79.9. The zero-order valence-corrected chi connectivity index (χ0v) is 14.3. The average Bonchev–Trinajstić information content (AvgIpc) is 2.77. The second-order valence-corrected chi connectivity index (χ2v) is 8.69. The van der Waals surface area contributed by atoms with E-state index < -0.39 is 15.8 Å². The van der Waals surface area contributed by atoms with Crippen LogP contribution in [0.3, 0.4) is 0 Å². The first kappa shape index (κ1) is 16.0. The lowest BCUT2D eigenvalue weighted by Crippen LogP contribution is -2.23. The number of halogens is 3. The van der Waals surface area contributed by atoms with Crippen LogP contribution in [-0.2, 0) is 16.6 Å². The first-order valence-corrected chi connectivity index (χ1v) is 8.92. The predicted octanol–water partition coefficient (Wildman–Crippen LogP) is 3.40. The number of aromatic hydroxyl groups is 1. The molecule has 2 aromatic rings. The van der Waals surface area contributed by atoms with Crippen molar-refractivity contribution in [2.24, 2.45) is 0 Å². The largest absolute Gasteiger partial charge is 0.505 e. The van der Waals surface area contributed by atoms with E-state index in [4.69, 9.17) is 23.2 Å². The van der Waals surface area contributed by atoms with Gasteiger partial charge in [0.2, 0.25) is 10.0 Å². The van der Waals surface area contributed by atoms with Crippen molar-refractivity contribution in [1.29, 1.82) is 0 Å². The number of aromatic nitrogens is 1. The van der Waals surface area contributed by atoms with E-state index in [-0.39, 0.29) is 21.5 Å². The summed E-state index contributed by atoms with van der Waals surface area (Å²) in [4.78, 5) is 3.63. The highest BCUT2D eigenvalue weighted by Crippen LogP contribution is 2.34. The fourth-order valence-corrected chi connectivity index (χ4v) is 4.43. The summed E-state index contributed by atoms with van der Waals surface area (Å²) < 4.78 is 27.3. The summed E-state index contributed by atoms with van der Waals surface area (Å²) in [5.41, 5.74) is 0. The Labute approximate surface area is 137 Å². The third kappa shape index (κ3) is 3.63. The number of phenolic OH excluding ortho intramolecular Hbond substituents is 1. The van der Waals surface area contributed by atoms with Gasteiger partial charge in [-0.3, -0.25) is 0 Å². The molecule has 0 atom stereocenters. The van der Waals surface area contributed by atoms with Gasteiger partial charge in [-0.2, -0.15) is 0 Å². The number of rotatable bonds is 4. The molecule has 0 saturated carbocycles. The van der Waals surface area contributed by atoms with Gasteiger partial charge in [0, 0.05) is 5.02 Å². The molecule has 0 aliphatic carbocycles. The van der Waals surface area contributed by atoms with Crippen molar-refractivity contribution >= 4 is 60.5 Å². The van der Waals surface area contributed by atoms with Gasteiger partial charge in [0.15, 0.2) is 5.75 Å². The average molecular weight is 418 g/mol. The lowest BCUT2D eigenvalue weighted by atomic mass is 10.3. The maximum absolute atomic E-state index is 12.1. The Morgan fingerprint density at radius 2 is 2.10 bits per heavy atom. The van der Waals surface area contributed by atoms with E-state index in [1.54, 1.807) is 6.20 Å². The smallest absolute Gasteiger partial charge is 0.244 e. The van der Waals surface area contributed by atoms with E-state index in [0.29, 0.717) is 5.01 Å². The normalized spacial score (nSPS) is 11.8. The highest BCUT2D eigenvalue weighted by Gasteiger charge is 2.21. The lowest BCUT2D eigenvalue weighted by Gasteiger charge is -2.09. The van der Waals surface area contributed by atoms with Crippen molar-refractivity contribution in [3.8, 4) is 5.75 Å². The number of hydrogen-bond donors (Lipinski definition) is 2.